The molecule has 25 heavy (non-hydrogen) atoms. The molecule has 0 saturated carbocycles. The summed E-state index contributed by atoms with van der Waals surface area (Å²) in [7, 11) is 0. The van der Waals surface area contributed by atoms with Gasteiger partial charge in [0, 0.05) is 12.6 Å². The third-order valence-corrected chi connectivity index (χ3v) is 5.02. The van der Waals surface area contributed by atoms with Crippen LogP contribution < -0.4 is 0 Å². The van der Waals surface area contributed by atoms with Crippen LogP contribution in [0.2, 0.25) is 0 Å². The van der Waals surface area contributed by atoms with Crippen LogP contribution in [0.4, 0.5) is 0 Å². The molecule has 1 unspecified atom stereocenters. The molecule has 3 rings (SSSR count). The number of likely N-dealkylation sites (tertiary alicyclic amines) is 1. The summed E-state index contributed by atoms with van der Waals surface area (Å²) < 4.78 is 5.19. The molecule has 2 aromatic carbocycles. The van der Waals surface area contributed by atoms with E-state index in [1.54, 1.807) is 0 Å². The van der Waals surface area contributed by atoms with Gasteiger partial charge in [0.2, 0.25) is 0 Å². The molecule has 1 fully saturated rings. The Balaban J connectivity index is 1.95. The summed E-state index contributed by atoms with van der Waals surface area (Å²) in [4.78, 5) is 14.7. The molecule has 1 heterocycles. The van der Waals surface area contributed by atoms with Crippen molar-refractivity contribution in [2.45, 2.75) is 45.7 Å². The highest BCUT2D eigenvalue weighted by molar-refractivity contribution is 5.90. The summed E-state index contributed by atoms with van der Waals surface area (Å²) in [6, 6.07) is 16.9. The van der Waals surface area contributed by atoms with E-state index in [-0.39, 0.29) is 5.97 Å². The lowest BCUT2D eigenvalue weighted by Gasteiger charge is -2.34. The maximum Gasteiger partial charge on any atom is 0.338 e. The third kappa shape index (κ3) is 4.29. The molecule has 1 saturated heterocycles. The number of hydrogen-bond donors (Lipinski definition) is 0. The quantitative estimate of drug-likeness (QED) is 0.726. The molecule has 1 atom stereocenters. The van der Waals surface area contributed by atoms with Gasteiger partial charge in [0.15, 0.2) is 0 Å². The van der Waals surface area contributed by atoms with E-state index in [2.05, 4.69) is 42.2 Å². The standard InChI is InChI=1S/C22H27NO2/c1-3-25-22(24)19-12-13-21(18-10-5-4-6-11-18)20(15-19)16-23-14-8-7-9-17(23)2/h4-6,10-13,15,17H,3,7-9,14,16H2,1-2H3. The summed E-state index contributed by atoms with van der Waals surface area (Å²) >= 11 is 0. The lowest BCUT2D eigenvalue weighted by Crippen LogP contribution is -2.36. The van der Waals surface area contributed by atoms with Gasteiger partial charge in [-0.3, -0.25) is 4.90 Å². The first kappa shape index (κ1) is 17.7. The van der Waals surface area contributed by atoms with Crippen LogP contribution in [0.1, 0.15) is 49.0 Å². The lowest BCUT2D eigenvalue weighted by atomic mass is 9.95. The molecule has 3 nitrogen and oxygen atoms in total. The highest BCUT2D eigenvalue weighted by Crippen LogP contribution is 2.28. The number of hydrogen-bond acceptors (Lipinski definition) is 3. The molecule has 1 aliphatic heterocycles. The minimum atomic E-state index is -0.241. The molecule has 0 aliphatic carbocycles. The van der Waals surface area contributed by atoms with Crippen molar-refractivity contribution in [2.24, 2.45) is 0 Å². The van der Waals surface area contributed by atoms with Gasteiger partial charge in [-0.25, -0.2) is 4.79 Å². The Hall–Kier alpha value is -2.13. The largest absolute Gasteiger partial charge is 0.462 e. The van der Waals surface area contributed by atoms with Gasteiger partial charge in [0.1, 0.15) is 0 Å². The molecule has 132 valence electrons. The van der Waals surface area contributed by atoms with E-state index in [1.165, 1.54) is 36.0 Å². The molecule has 2 aromatic rings. The summed E-state index contributed by atoms with van der Waals surface area (Å²) in [5.74, 6) is -0.241. The summed E-state index contributed by atoms with van der Waals surface area (Å²) in [5.41, 5.74) is 4.23. The topological polar surface area (TPSA) is 29.5 Å². The van der Waals surface area contributed by atoms with Gasteiger partial charge in [0.05, 0.1) is 12.2 Å². The predicted molar refractivity (Wildman–Crippen MR) is 102 cm³/mol. The van der Waals surface area contributed by atoms with Crippen molar-refractivity contribution in [2.75, 3.05) is 13.2 Å². The van der Waals surface area contributed by atoms with Gasteiger partial charge < -0.3 is 4.74 Å². The summed E-state index contributed by atoms with van der Waals surface area (Å²) in [5, 5.41) is 0. The molecular weight excluding hydrogens is 310 g/mol. The zero-order valence-corrected chi connectivity index (χ0v) is 15.2. The van der Waals surface area contributed by atoms with E-state index in [9.17, 15) is 4.79 Å². The highest BCUT2D eigenvalue weighted by atomic mass is 16.5. The molecule has 0 amide bonds. The molecule has 0 N–H and O–H groups in total. The summed E-state index contributed by atoms with van der Waals surface area (Å²) in [6.45, 7) is 6.54. The van der Waals surface area contributed by atoms with Crippen LogP contribution in [0.5, 0.6) is 0 Å². The molecule has 3 heteroatoms. The Kier molecular flexibility index (Phi) is 5.87. The average Bonchev–Trinajstić information content (AvgIpc) is 2.64. The number of esters is 1. The van der Waals surface area contributed by atoms with Crippen LogP contribution in [0.15, 0.2) is 48.5 Å². The number of piperidine rings is 1. The Morgan fingerprint density at radius 1 is 1.16 bits per heavy atom. The van der Waals surface area contributed by atoms with Crippen LogP contribution in [0.25, 0.3) is 11.1 Å². The third-order valence-electron chi connectivity index (χ3n) is 5.02. The van der Waals surface area contributed by atoms with Gasteiger partial charge >= 0.3 is 5.97 Å². The van der Waals surface area contributed by atoms with E-state index >= 15 is 0 Å². The van der Waals surface area contributed by atoms with E-state index < -0.39 is 0 Å². The molecule has 1 aliphatic rings. The molecule has 0 radical (unpaired) electrons. The Labute approximate surface area is 150 Å². The van der Waals surface area contributed by atoms with E-state index in [1.807, 2.05) is 25.1 Å². The highest BCUT2D eigenvalue weighted by Gasteiger charge is 2.20. The minimum absolute atomic E-state index is 0.241. The number of benzene rings is 2. The number of nitrogens with zero attached hydrogens (tertiary/aromatic N) is 1. The molecular formula is C22H27NO2. The minimum Gasteiger partial charge on any atom is -0.462 e. The van der Waals surface area contributed by atoms with Crippen LogP contribution in [-0.2, 0) is 11.3 Å². The second-order valence-electron chi connectivity index (χ2n) is 6.77. The van der Waals surface area contributed by atoms with Gasteiger partial charge in [-0.05, 0) is 62.1 Å². The lowest BCUT2D eigenvalue weighted by molar-refractivity contribution is 0.0526. The number of carbonyl (C=O) groups excluding carboxylic acids is 1. The zero-order chi connectivity index (χ0) is 17.6. The molecule has 0 bridgehead atoms. The van der Waals surface area contributed by atoms with Gasteiger partial charge in [-0.1, -0.05) is 42.8 Å². The number of rotatable bonds is 5. The Morgan fingerprint density at radius 2 is 1.96 bits per heavy atom. The number of carbonyl (C=O) groups is 1. The predicted octanol–water partition coefficient (Wildman–Crippen LogP) is 4.90. The van der Waals surface area contributed by atoms with E-state index in [0.29, 0.717) is 18.2 Å². The second kappa shape index (κ2) is 8.30. The van der Waals surface area contributed by atoms with Crippen molar-refractivity contribution in [1.82, 2.24) is 4.90 Å². The first-order valence-electron chi connectivity index (χ1n) is 9.28. The van der Waals surface area contributed by atoms with Gasteiger partial charge in [-0.15, -0.1) is 0 Å². The van der Waals surface area contributed by atoms with E-state index in [0.717, 1.165) is 13.1 Å². The second-order valence-corrected chi connectivity index (χ2v) is 6.77. The maximum absolute atomic E-state index is 12.2. The monoisotopic (exact) mass is 337 g/mol. The van der Waals surface area contributed by atoms with Crippen LogP contribution in [-0.4, -0.2) is 30.1 Å². The van der Waals surface area contributed by atoms with Crippen molar-refractivity contribution in [3.63, 3.8) is 0 Å². The normalized spacial score (nSPS) is 18.1. The fraction of sp³-hybridized carbons (Fsp3) is 0.409. The van der Waals surface area contributed by atoms with Crippen molar-refractivity contribution in [3.8, 4) is 11.1 Å². The fourth-order valence-electron chi connectivity index (χ4n) is 3.58. The first-order valence-corrected chi connectivity index (χ1v) is 9.28. The van der Waals surface area contributed by atoms with Crippen molar-refractivity contribution in [1.29, 1.82) is 0 Å². The maximum atomic E-state index is 12.2. The van der Waals surface area contributed by atoms with Gasteiger partial charge in [-0.2, -0.15) is 0 Å². The Morgan fingerprint density at radius 3 is 2.68 bits per heavy atom. The van der Waals surface area contributed by atoms with E-state index in [4.69, 9.17) is 4.74 Å². The van der Waals surface area contributed by atoms with Crippen LogP contribution in [0.3, 0.4) is 0 Å². The summed E-state index contributed by atoms with van der Waals surface area (Å²) in [6.07, 6.45) is 3.81. The molecule has 0 aromatic heterocycles. The van der Waals surface area contributed by atoms with Crippen LogP contribution >= 0.6 is 0 Å². The number of ether oxygens (including phenoxy) is 1. The fourth-order valence-corrected chi connectivity index (χ4v) is 3.58. The average molecular weight is 337 g/mol. The van der Waals surface area contributed by atoms with Crippen molar-refractivity contribution < 1.29 is 9.53 Å². The SMILES string of the molecule is CCOC(=O)c1ccc(-c2ccccc2)c(CN2CCCCC2C)c1. The van der Waals surface area contributed by atoms with Gasteiger partial charge in [0.25, 0.3) is 0 Å². The van der Waals surface area contributed by atoms with Crippen molar-refractivity contribution >= 4 is 5.97 Å². The zero-order valence-electron chi connectivity index (χ0n) is 15.2. The smallest absolute Gasteiger partial charge is 0.338 e. The van der Waals surface area contributed by atoms with Crippen molar-refractivity contribution in [3.05, 3.63) is 59.7 Å². The molecule has 0 spiro atoms. The first-order chi connectivity index (χ1) is 12.2. The van der Waals surface area contributed by atoms with Crippen LogP contribution in [0, 0.1) is 0 Å². The Bertz CT molecular complexity index is 711.